The maximum absolute atomic E-state index is 11.7. The van der Waals surface area contributed by atoms with Gasteiger partial charge in [-0.25, -0.2) is 4.98 Å². The fourth-order valence-electron chi connectivity index (χ4n) is 1.92. The number of thiazole rings is 1. The van der Waals surface area contributed by atoms with Crippen LogP contribution in [0.15, 0.2) is 11.8 Å². The van der Waals surface area contributed by atoms with E-state index in [1.54, 1.807) is 11.3 Å². The Bertz CT molecular complexity index is 592. The summed E-state index contributed by atoms with van der Waals surface area (Å²) >= 11 is 7.04. The van der Waals surface area contributed by atoms with Gasteiger partial charge in [-0.2, -0.15) is 5.26 Å². The van der Waals surface area contributed by atoms with Crippen molar-refractivity contribution in [2.45, 2.75) is 13.0 Å². The van der Waals surface area contributed by atoms with Crippen molar-refractivity contribution >= 4 is 34.0 Å². The first-order chi connectivity index (χ1) is 10.1. The minimum Gasteiger partial charge on any atom is -0.350 e. The van der Waals surface area contributed by atoms with E-state index in [4.69, 9.17) is 16.9 Å². The average molecular weight is 326 g/mol. The van der Waals surface area contributed by atoms with Gasteiger partial charge in [-0.1, -0.05) is 0 Å². The lowest BCUT2D eigenvalue weighted by Gasteiger charge is -2.20. The van der Waals surface area contributed by atoms with Crippen LogP contribution in [0.4, 0.5) is 5.13 Å². The van der Waals surface area contributed by atoms with E-state index in [9.17, 15) is 4.79 Å². The number of nitriles is 1. The largest absolute Gasteiger partial charge is 0.350 e. The Kier molecular flexibility index (Phi) is 5.56. The molecule has 0 aromatic carbocycles. The Labute approximate surface area is 132 Å². The molecule has 0 aliphatic carbocycles. The summed E-state index contributed by atoms with van der Waals surface area (Å²) in [6, 6.07) is 1.86. The van der Waals surface area contributed by atoms with Crippen molar-refractivity contribution in [3.05, 3.63) is 22.3 Å². The summed E-state index contributed by atoms with van der Waals surface area (Å²) in [4.78, 5) is 19.6. The Morgan fingerprint density at radius 1 is 1.67 bits per heavy atom. The molecular formula is C13H16ClN5OS. The number of amides is 1. The van der Waals surface area contributed by atoms with Crippen molar-refractivity contribution < 1.29 is 4.79 Å². The van der Waals surface area contributed by atoms with E-state index in [-0.39, 0.29) is 5.57 Å². The maximum atomic E-state index is 11.7. The van der Waals surface area contributed by atoms with Crippen molar-refractivity contribution in [1.29, 1.82) is 5.26 Å². The smallest absolute Gasteiger partial charge is 0.263 e. The molecule has 1 aliphatic rings. The number of halogens is 1. The van der Waals surface area contributed by atoms with E-state index < -0.39 is 5.91 Å². The normalized spacial score (nSPS) is 15.2. The molecule has 2 heterocycles. The van der Waals surface area contributed by atoms with E-state index in [1.165, 1.54) is 11.1 Å². The van der Waals surface area contributed by atoms with E-state index in [0.717, 1.165) is 25.2 Å². The highest BCUT2D eigenvalue weighted by atomic mass is 35.5. The van der Waals surface area contributed by atoms with Crippen molar-refractivity contribution in [3.8, 4) is 6.07 Å². The van der Waals surface area contributed by atoms with Crippen LogP contribution in [0.25, 0.3) is 0 Å². The maximum Gasteiger partial charge on any atom is 0.263 e. The number of hydrogen-bond acceptors (Lipinski definition) is 6. The first kappa shape index (κ1) is 15.8. The molecular weight excluding hydrogens is 310 g/mol. The molecule has 0 bridgehead atoms. The highest BCUT2D eigenvalue weighted by Crippen LogP contribution is 2.27. The number of rotatable bonds is 5. The summed E-state index contributed by atoms with van der Waals surface area (Å²) in [7, 11) is 2.07. The number of carbonyl (C=O) groups excluding carboxylic acids is 1. The third-order valence-electron chi connectivity index (χ3n) is 3.01. The third kappa shape index (κ3) is 4.17. The van der Waals surface area contributed by atoms with Gasteiger partial charge >= 0.3 is 0 Å². The number of alkyl halides is 1. The Morgan fingerprint density at radius 3 is 3.19 bits per heavy atom. The van der Waals surface area contributed by atoms with E-state index in [2.05, 4.69) is 27.6 Å². The second-order valence-electron chi connectivity index (χ2n) is 4.64. The van der Waals surface area contributed by atoms with Gasteiger partial charge in [0.25, 0.3) is 5.91 Å². The molecule has 1 aromatic heterocycles. The summed E-state index contributed by atoms with van der Waals surface area (Å²) in [6.45, 7) is 2.22. The lowest BCUT2D eigenvalue weighted by Crippen LogP contribution is -2.26. The van der Waals surface area contributed by atoms with Gasteiger partial charge in [0.2, 0.25) is 0 Å². The SMILES string of the molecule is CN1CCc2nc(N/C=C(/C#N)C(=O)NCCCl)sc2C1. The standard InChI is InChI=1S/C13H16ClN5OS/c1-19-5-2-10-11(8-19)21-13(18-10)17-7-9(6-15)12(20)16-4-3-14/h7H,2-5,8H2,1H3,(H,16,20)(H,17,18)/b9-7-. The zero-order valence-corrected chi connectivity index (χ0v) is 13.2. The zero-order chi connectivity index (χ0) is 15.2. The van der Waals surface area contributed by atoms with Gasteiger partial charge in [0.1, 0.15) is 11.6 Å². The van der Waals surface area contributed by atoms with Crippen LogP contribution >= 0.6 is 22.9 Å². The quantitative estimate of drug-likeness (QED) is 0.484. The molecule has 1 aromatic rings. The number of likely N-dealkylation sites (N-methyl/N-ethyl adjacent to an activating group) is 1. The topological polar surface area (TPSA) is 81.1 Å². The zero-order valence-electron chi connectivity index (χ0n) is 11.6. The highest BCUT2D eigenvalue weighted by Gasteiger charge is 2.18. The summed E-state index contributed by atoms with van der Waals surface area (Å²) < 4.78 is 0. The van der Waals surface area contributed by atoms with Crippen LogP contribution in [0.3, 0.4) is 0 Å². The molecule has 21 heavy (non-hydrogen) atoms. The number of nitrogens with zero attached hydrogens (tertiary/aromatic N) is 3. The van der Waals surface area contributed by atoms with E-state index in [1.807, 2.05) is 6.07 Å². The Balaban J connectivity index is 2.02. The predicted molar refractivity (Wildman–Crippen MR) is 83.2 cm³/mol. The number of fused-ring (bicyclic) bond motifs is 1. The summed E-state index contributed by atoms with van der Waals surface area (Å²) in [5.74, 6) is -0.128. The lowest BCUT2D eigenvalue weighted by atomic mass is 10.2. The molecule has 2 N–H and O–H groups in total. The second-order valence-corrected chi connectivity index (χ2v) is 6.10. The minimum absolute atomic E-state index is 0.00501. The fourth-order valence-corrected chi connectivity index (χ4v) is 3.08. The molecule has 0 spiro atoms. The molecule has 1 amide bonds. The molecule has 6 nitrogen and oxygen atoms in total. The van der Waals surface area contributed by atoms with Crippen molar-refractivity contribution in [3.63, 3.8) is 0 Å². The molecule has 8 heteroatoms. The van der Waals surface area contributed by atoms with Crippen LogP contribution < -0.4 is 10.6 Å². The van der Waals surface area contributed by atoms with E-state index in [0.29, 0.717) is 17.6 Å². The van der Waals surface area contributed by atoms with Crippen LogP contribution in [0.2, 0.25) is 0 Å². The number of hydrogen-bond donors (Lipinski definition) is 2. The first-order valence-electron chi connectivity index (χ1n) is 6.52. The third-order valence-corrected chi connectivity index (χ3v) is 4.21. The average Bonchev–Trinajstić information content (AvgIpc) is 2.87. The fraction of sp³-hybridized carbons (Fsp3) is 0.462. The van der Waals surface area contributed by atoms with Gasteiger partial charge in [-0.3, -0.25) is 4.79 Å². The number of aromatic nitrogens is 1. The van der Waals surface area contributed by atoms with Crippen molar-refractivity contribution in [1.82, 2.24) is 15.2 Å². The number of anilines is 1. The predicted octanol–water partition coefficient (Wildman–Crippen LogP) is 1.31. The summed E-state index contributed by atoms with van der Waals surface area (Å²) in [6.07, 6.45) is 2.31. The molecule has 0 unspecified atom stereocenters. The first-order valence-corrected chi connectivity index (χ1v) is 7.87. The Morgan fingerprint density at radius 2 is 2.48 bits per heavy atom. The summed E-state index contributed by atoms with van der Waals surface area (Å²) in [5, 5.41) is 15.2. The van der Waals surface area contributed by atoms with Crippen LogP contribution in [-0.2, 0) is 17.8 Å². The van der Waals surface area contributed by atoms with Gasteiger partial charge in [0.15, 0.2) is 5.13 Å². The van der Waals surface area contributed by atoms with Crippen LogP contribution in [0.1, 0.15) is 10.6 Å². The van der Waals surface area contributed by atoms with Gasteiger partial charge in [0, 0.05) is 43.0 Å². The second kappa shape index (κ2) is 7.41. The van der Waals surface area contributed by atoms with Crippen molar-refractivity contribution in [2.24, 2.45) is 0 Å². The van der Waals surface area contributed by atoms with Crippen LogP contribution in [0.5, 0.6) is 0 Å². The summed E-state index contributed by atoms with van der Waals surface area (Å²) in [5.41, 5.74) is 1.10. The van der Waals surface area contributed by atoms with E-state index >= 15 is 0 Å². The minimum atomic E-state index is -0.438. The Hall–Kier alpha value is -1.62. The van der Waals surface area contributed by atoms with Gasteiger partial charge < -0.3 is 15.5 Å². The number of nitrogens with one attached hydrogen (secondary N) is 2. The monoisotopic (exact) mass is 325 g/mol. The molecule has 0 fully saturated rings. The lowest BCUT2D eigenvalue weighted by molar-refractivity contribution is -0.117. The molecule has 2 rings (SSSR count). The van der Waals surface area contributed by atoms with Gasteiger partial charge in [-0.05, 0) is 7.05 Å². The molecule has 0 saturated carbocycles. The molecule has 0 atom stereocenters. The van der Waals surface area contributed by atoms with Gasteiger partial charge in [-0.15, -0.1) is 22.9 Å². The van der Waals surface area contributed by atoms with Crippen molar-refractivity contribution in [2.75, 3.05) is 31.3 Å². The van der Waals surface area contributed by atoms with Crippen LogP contribution in [-0.4, -0.2) is 41.8 Å². The van der Waals surface area contributed by atoms with Crippen LogP contribution in [0, 0.1) is 11.3 Å². The highest BCUT2D eigenvalue weighted by molar-refractivity contribution is 7.15. The molecule has 1 aliphatic heterocycles. The molecule has 0 radical (unpaired) electrons. The molecule has 112 valence electrons. The number of carbonyl (C=O) groups is 1. The van der Waals surface area contributed by atoms with Gasteiger partial charge in [0.05, 0.1) is 5.69 Å². The molecule has 0 saturated heterocycles.